The fraction of sp³-hybridized carbons (Fsp3) is 0.667. The van der Waals surface area contributed by atoms with Gasteiger partial charge in [0.25, 0.3) is 0 Å². The van der Waals surface area contributed by atoms with Crippen LogP contribution in [-0.2, 0) is 4.79 Å². The zero-order chi connectivity index (χ0) is 16.9. The molecule has 3 rings (SSSR count). The van der Waals surface area contributed by atoms with Gasteiger partial charge in [0.05, 0.1) is 6.10 Å². The molecule has 1 aliphatic heterocycles. The predicted molar refractivity (Wildman–Crippen MR) is 96.4 cm³/mol. The Balaban J connectivity index is 1.47. The van der Waals surface area contributed by atoms with Crippen molar-refractivity contribution < 1.29 is 9.90 Å². The van der Waals surface area contributed by atoms with E-state index in [1.54, 1.807) is 0 Å². The molecule has 3 heteroatoms. The number of piperidine rings is 1. The molecule has 1 saturated carbocycles. The van der Waals surface area contributed by atoms with Gasteiger partial charge in [-0.15, -0.1) is 0 Å². The number of aliphatic hydroxyl groups excluding tert-OH is 1. The first-order valence-electron chi connectivity index (χ1n) is 9.64. The minimum absolute atomic E-state index is 0.270. The Kier molecular flexibility index (Phi) is 5.94. The number of carbonyl (C=O) groups is 1. The quantitative estimate of drug-likeness (QED) is 0.900. The van der Waals surface area contributed by atoms with Crippen LogP contribution in [0.3, 0.4) is 0 Å². The number of benzene rings is 1. The molecule has 1 N–H and O–H groups in total. The average molecular weight is 329 g/mol. The van der Waals surface area contributed by atoms with Gasteiger partial charge in [-0.1, -0.05) is 50.1 Å². The highest BCUT2D eigenvalue weighted by Gasteiger charge is 2.29. The van der Waals surface area contributed by atoms with Crippen LogP contribution in [0.4, 0.5) is 0 Å². The van der Waals surface area contributed by atoms with E-state index in [-0.39, 0.29) is 5.92 Å². The topological polar surface area (TPSA) is 40.5 Å². The maximum Gasteiger partial charge on any atom is 0.222 e. The lowest BCUT2D eigenvalue weighted by Gasteiger charge is -2.35. The molecule has 1 aromatic rings. The van der Waals surface area contributed by atoms with E-state index < -0.39 is 6.10 Å². The normalized spacial score (nSPS) is 27.0. The van der Waals surface area contributed by atoms with E-state index in [4.69, 9.17) is 0 Å². The van der Waals surface area contributed by atoms with Crippen LogP contribution in [0, 0.1) is 17.8 Å². The summed E-state index contributed by atoms with van der Waals surface area (Å²) in [6, 6.07) is 9.91. The number of carbonyl (C=O) groups excluding carboxylic acids is 1. The predicted octanol–water partition coefficient (Wildman–Crippen LogP) is 4.18. The Morgan fingerprint density at radius 3 is 2.54 bits per heavy atom. The Labute approximate surface area is 146 Å². The molecule has 3 unspecified atom stereocenters. The molecule has 2 fully saturated rings. The van der Waals surface area contributed by atoms with Gasteiger partial charge in [0, 0.05) is 19.5 Å². The zero-order valence-corrected chi connectivity index (χ0v) is 14.9. The van der Waals surface area contributed by atoms with Crippen LogP contribution in [-0.4, -0.2) is 29.0 Å². The van der Waals surface area contributed by atoms with E-state index in [0.29, 0.717) is 11.8 Å². The summed E-state index contributed by atoms with van der Waals surface area (Å²) in [5.74, 6) is 1.98. The molecule has 0 radical (unpaired) electrons. The van der Waals surface area contributed by atoms with Crippen LogP contribution in [0.15, 0.2) is 30.3 Å². The SMILES string of the molecule is CC1CCCC(CC(=O)N2CCC(C(O)c3ccccc3)CC2)C1. The van der Waals surface area contributed by atoms with E-state index in [1.165, 1.54) is 25.7 Å². The molecule has 1 heterocycles. The van der Waals surface area contributed by atoms with Crippen LogP contribution in [0.25, 0.3) is 0 Å². The Hall–Kier alpha value is -1.35. The lowest BCUT2D eigenvalue weighted by atomic mass is 9.80. The molecule has 3 atom stereocenters. The van der Waals surface area contributed by atoms with Gasteiger partial charge in [0.1, 0.15) is 0 Å². The second kappa shape index (κ2) is 8.15. The van der Waals surface area contributed by atoms with Crippen molar-refractivity contribution in [2.45, 2.75) is 58.0 Å². The van der Waals surface area contributed by atoms with Crippen LogP contribution in [0.2, 0.25) is 0 Å². The molecular weight excluding hydrogens is 298 g/mol. The minimum atomic E-state index is -0.400. The van der Waals surface area contributed by atoms with E-state index in [1.807, 2.05) is 35.2 Å². The fourth-order valence-corrected chi connectivity index (χ4v) is 4.51. The largest absolute Gasteiger partial charge is 0.388 e. The smallest absolute Gasteiger partial charge is 0.222 e. The minimum Gasteiger partial charge on any atom is -0.388 e. The van der Waals surface area contributed by atoms with Crippen molar-refractivity contribution in [2.24, 2.45) is 17.8 Å². The van der Waals surface area contributed by atoms with Gasteiger partial charge in [-0.05, 0) is 49.0 Å². The van der Waals surface area contributed by atoms with Crippen molar-refractivity contribution in [3.05, 3.63) is 35.9 Å². The summed E-state index contributed by atoms with van der Waals surface area (Å²) in [6.45, 7) is 3.92. The molecule has 1 amide bonds. The summed E-state index contributed by atoms with van der Waals surface area (Å²) in [7, 11) is 0. The van der Waals surface area contributed by atoms with E-state index in [9.17, 15) is 9.90 Å². The average Bonchev–Trinajstić information content (AvgIpc) is 2.62. The summed E-state index contributed by atoms with van der Waals surface area (Å²) in [4.78, 5) is 14.6. The van der Waals surface area contributed by atoms with E-state index in [0.717, 1.165) is 43.8 Å². The Bertz CT molecular complexity index is 522. The van der Waals surface area contributed by atoms with Gasteiger partial charge in [-0.25, -0.2) is 0 Å². The lowest BCUT2D eigenvalue weighted by molar-refractivity contribution is -0.134. The molecule has 1 aromatic carbocycles. The van der Waals surface area contributed by atoms with E-state index >= 15 is 0 Å². The molecule has 0 spiro atoms. The summed E-state index contributed by atoms with van der Waals surface area (Å²) in [6.07, 6.45) is 7.19. The first kappa shape index (κ1) is 17.5. The number of amides is 1. The van der Waals surface area contributed by atoms with Gasteiger partial charge in [-0.2, -0.15) is 0 Å². The van der Waals surface area contributed by atoms with Crippen LogP contribution in [0.1, 0.15) is 63.5 Å². The number of likely N-dealkylation sites (tertiary alicyclic amines) is 1. The monoisotopic (exact) mass is 329 g/mol. The Morgan fingerprint density at radius 2 is 1.88 bits per heavy atom. The number of hydrogen-bond donors (Lipinski definition) is 1. The highest BCUT2D eigenvalue weighted by atomic mass is 16.3. The summed E-state index contributed by atoms with van der Waals surface area (Å²) < 4.78 is 0. The van der Waals surface area contributed by atoms with E-state index in [2.05, 4.69) is 6.92 Å². The standard InChI is InChI=1S/C21H31NO2/c1-16-6-5-7-17(14-16)15-20(23)22-12-10-19(11-13-22)21(24)18-8-3-2-4-9-18/h2-4,8-9,16-17,19,21,24H,5-7,10-15H2,1H3. The van der Waals surface area contributed by atoms with Crippen molar-refractivity contribution in [3.8, 4) is 0 Å². The van der Waals surface area contributed by atoms with Gasteiger partial charge in [-0.3, -0.25) is 4.79 Å². The lowest BCUT2D eigenvalue weighted by Crippen LogP contribution is -2.40. The van der Waals surface area contributed by atoms with Crippen LogP contribution in [0.5, 0.6) is 0 Å². The van der Waals surface area contributed by atoms with Gasteiger partial charge in [0.15, 0.2) is 0 Å². The molecule has 3 nitrogen and oxygen atoms in total. The fourth-order valence-electron chi connectivity index (χ4n) is 4.51. The summed E-state index contributed by atoms with van der Waals surface area (Å²) in [5.41, 5.74) is 0.999. The van der Waals surface area contributed by atoms with Gasteiger partial charge in [0.2, 0.25) is 5.91 Å². The maximum absolute atomic E-state index is 12.6. The first-order valence-corrected chi connectivity index (χ1v) is 9.64. The van der Waals surface area contributed by atoms with Crippen LogP contribution < -0.4 is 0 Å². The molecule has 0 aromatic heterocycles. The number of rotatable bonds is 4. The summed E-state index contributed by atoms with van der Waals surface area (Å²) in [5, 5.41) is 10.6. The van der Waals surface area contributed by atoms with Crippen molar-refractivity contribution >= 4 is 5.91 Å². The highest BCUT2D eigenvalue weighted by molar-refractivity contribution is 5.76. The highest BCUT2D eigenvalue weighted by Crippen LogP contribution is 2.33. The molecular formula is C21H31NO2. The van der Waals surface area contributed by atoms with Crippen molar-refractivity contribution in [1.29, 1.82) is 0 Å². The molecule has 1 aliphatic carbocycles. The Morgan fingerprint density at radius 1 is 1.17 bits per heavy atom. The molecule has 2 aliphatic rings. The van der Waals surface area contributed by atoms with Crippen molar-refractivity contribution in [1.82, 2.24) is 4.90 Å². The van der Waals surface area contributed by atoms with Crippen molar-refractivity contribution in [2.75, 3.05) is 13.1 Å². The summed E-state index contributed by atoms with van der Waals surface area (Å²) >= 11 is 0. The third kappa shape index (κ3) is 4.38. The molecule has 24 heavy (non-hydrogen) atoms. The zero-order valence-electron chi connectivity index (χ0n) is 14.9. The number of nitrogens with zero attached hydrogens (tertiary/aromatic N) is 1. The van der Waals surface area contributed by atoms with Gasteiger partial charge < -0.3 is 10.0 Å². The number of aliphatic hydroxyl groups is 1. The van der Waals surface area contributed by atoms with Crippen LogP contribution >= 0.6 is 0 Å². The second-order valence-corrected chi connectivity index (χ2v) is 7.92. The molecule has 132 valence electrons. The van der Waals surface area contributed by atoms with Gasteiger partial charge >= 0.3 is 0 Å². The molecule has 1 saturated heterocycles. The molecule has 0 bridgehead atoms. The first-order chi connectivity index (χ1) is 11.6. The third-order valence-corrected chi connectivity index (χ3v) is 5.99. The second-order valence-electron chi connectivity index (χ2n) is 7.92. The van der Waals surface area contributed by atoms with Crippen molar-refractivity contribution in [3.63, 3.8) is 0 Å². The maximum atomic E-state index is 12.6. The number of hydrogen-bond acceptors (Lipinski definition) is 2. The third-order valence-electron chi connectivity index (χ3n) is 5.99.